The van der Waals surface area contributed by atoms with E-state index in [0.29, 0.717) is 0 Å². The average molecular weight is 1210 g/mol. The van der Waals surface area contributed by atoms with Crippen LogP contribution in [-0.2, 0) is 199 Å². The largest absolute Gasteiger partial charge is 5.00 e. The van der Waals surface area contributed by atoms with Gasteiger partial charge in [-0.15, -0.1) is 0 Å². The third-order valence-electron chi connectivity index (χ3n) is 0. The Labute approximate surface area is 287 Å². The molecule has 168 valence electrons. The maximum atomic E-state index is 8.60. The molecular weight excluding hydrogens is 1210 g/mol. The van der Waals surface area contributed by atoms with Gasteiger partial charge >= 0.3 is 295 Å². The van der Waals surface area contributed by atoms with Gasteiger partial charge in [0.2, 0.25) is 0 Å². The van der Waals surface area contributed by atoms with Gasteiger partial charge in [0.1, 0.15) is 0 Å². The van der Waals surface area contributed by atoms with E-state index in [4.69, 9.17) is 70.8 Å². The normalized spacial score (nSPS) is 5.65. The number of hydrogen-bond donors (Lipinski definition) is 0. The number of hydrogen-bond acceptors (Lipinski definition) is 21. The molecule has 0 atom stereocenters. The maximum Gasteiger partial charge on any atom is 5.00 e. The van der Waals surface area contributed by atoms with Crippen molar-refractivity contribution in [3.8, 4) is 0 Å². The van der Waals surface area contributed by atoms with Gasteiger partial charge in [-0.05, 0) is 0 Å². The van der Waals surface area contributed by atoms with E-state index in [-0.39, 0.29) is 92.6 Å². The van der Waals surface area contributed by atoms with Gasteiger partial charge in [-0.3, -0.25) is 0 Å². The summed E-state index contributed by atoms with van der Waals surface area (Å²) < 4.78 is 181. The Morgan fingerprint density at radius 3 is 0.290 bits per heavy atom. The van der Waals surface area contributed by atoms with E-state index in [9.17, 15) is 0 Å². The molecule has 0 spiro atoms. The molecule has 31 heteroatoms. The Bertz CT molecular complexity index is 577. The van der Waals surface area contributed by atoms with Crippen molar-refractivity contribution in [2.75, 3.05) is 0 Å². The summed E-state index contributed by atoms with van der Waals surface area (Å²) >= 11 is -29.4. The van der Waals surface area contributed by atoms with Crippen LogP contribution in [0.25, 0.3) is 0 Å². The van der Waals surface area contributed by atoms with Crippen LogP contribution in [-0.4, -0.2) is 0 Å². The van der Waals surface area contributed by atoms with Gasteiger partial charge < -0.3 is 0 Å². The van der Waals surface area contributed by atoms with Crippen molar-refractivity contribution in [1.82, 2.24) is 0 Å². The van der Waals surface area contributed by atoms with Crippen molar-refractivity contribution in [2.45, 2.75) is 0 Å². The van der Waals surface area contributed by atoms with Gasteiger partial charge in [0.05, 0.1) is 0 Å². The van der Waals surface area contributed by atoms with E-state index in [0.717, 1.165) is 0 Å². The van der Waals surface area contributed by atoms with Crippen LogP contribution in [0.15, 0.2) is 0 Å². The maximum absolute atomic E-state index is 8.60. The Hall–Kier alpha value is 5.08. The molecule has 31 heavy (non-hydrogen) atoms. The first-order chi connectivity index (χ1) is 12.1. The quantitative estimate of drug-likeness (QED) is 0.203. The van der Waals surface area contributed by atoms with Crippen LogP contribution in [0.1, 0.15) is 0 Å². The summed E-state index contributed by atoms with van der Waals surface area (Å²) in [5, 5.41) is 0. The molecular formula is KLiNb7O21Ta. The van der Waals surface area contributed by atoms with Gasteiger partial charge in [-0.25, -0.2) is 0 Å². The summed E-state index contributed by atoms with van der Waals surface area (Å²) in [6, 6.07) is 0. The fourth-order valence-electron chi connectivity index (χ4n) is 0. The van der Waals surface area contributed by atoms with Crippen molar-refractivity contribution < 1.29 is 295 Å². The van der Waals surface area contributed by atoms with Crippen LogP contribution >= 0.6 is 0 Å². The fourth-order valence-corrected chi connectivity index (χ4v) is 0. The van der Waals surface area contributed by atoms with Crippen molar-refractivity contribution in [3.63, 3.8) is 0 Å². The second kappa shape index (κ2) is 59.9. The van der Waals surface area contributed by atoms with Crippen molar-refractivity contribution in [3.05, 3.63) is 0 Å². The molecule has 0 aliphatic rings. The Morgan fingerprint density at radius 2 is 0.290 bits per heavy atom. The second-order valence-electron chi connectivity index (χ2n) is 1.57. The van der Waals surface area contributed by atoms with Crippen molar-refractivity contribution >= 4 is 0 Å². The van der Waals surface area contributed by atoms with E-state index in [2.05, 4.69) is 0 Å². The predicted molar refractivity (Wildman–Crippen MR) is 9.61 cm³/mol. The fraction of sp³-hybridized carbons (Fsp3) is 0. The first-order valence-electron chi connectivity index (χ1n) is 3.83. The third-order valence-corrected chi connectivity index (χ3v) is 0. The molecule has 0 saturated heterocycles. The molecule has 0 saturated carbocycles. The predicted octanol–water partition coefficient (Wildman–Crippen LogP) is -16.0. The van der Waals surface area contributed by atoms with Crippen LogP contribution in [0, 0.1) is 0 Å². The molecule has 0 fully saturated rings. The van der Waals surface area contributed by atoms with E-state index >= 15 is 0 Å². The van der Waals surface area contributed by atoms with Crippen LogP contribution in [0.2, 0.25) is 0 Å². The summed E-state index contributed by atoms with van der Waals surface area (Å²) in [4.78, 5) is 0. The molecule has 0 aromatic carbocycles. The SMILES string of the molecule is [K+].[Li+].[O]=[Nb](=[O])[O-].[O]=[Nb](=[O])[O-].[O]=[Nb](=[O])[O-].[O]=[Nb](=[O])[O-].[O]=[Nb](=[O])[O-].[O]=[Nb](=[O])[O-].[O]=[Nb](=[O])[O-].[Ta+5]. The summed E-state index contributed by atoms with van der Waals surface area (Å²) in [5.74, 6) is 0. The minimum absolute atomic E-state index is 0. The minimum Gasteiger partial charge on any atom is 5.00 e. The molecule has 0 radical (unpaired) electrons. The standard InChI is InChI=1S/K.Li.7Nb.21O.Ta/q2*+1;;;;;;;;;;;;;;;;;;;;;;7*-1;+5. The average Bonchev–Trinajstić information content (AvgIpc) is 2.20. The van der Waals surface area contributed by atoms with E-state index < -0.39 is 131 Å². The van der Waals surface area contributed by atoms with Gasteiger partial charge in [0, 0.05) is 0 Å². The van der Waals surface area contributed by atoms with Crippen LogP contribution in [0.3, 0.4) is 0 Å². The van der Waals surface area contributed by atoms with E-state index in [1.54, 1.807) is 0 Å². The van der Waals surface area contributed by atoms with Crippen molar-refractivity contribution in [1.29, 1.82) is 0 Å². The van der Waals surface area contributed by atoms with Gasteiger partial charge in [0.15, 0.2) is 0 Å². The molecule has 0 aliphatic carbocycles. The summed E-state index contributed by atoms with van der Waals surface area (Å²) in [7, 11) is 0. The minimum atomic E-state index is -4.20. The zero-order chi connectivity index (χ0) is 25.0. The molecule has 0 N–H and O–H groups in total. The van der Waals surface area contributed by atoms with Gasteiger partial charge in [0.25, 0.3) is 0 Å². The summed E-state index contributed by atoms with van der Waals surface area (Å²) in [6.45, 7) is 0. The molecule has 0 aliphatic heterocycles. The third kappa shape index (κ3) is 1490. The zero-order valence-electron chi connectivity index (χ0n) is 14.2. The molecule has 0 aromatic rings. The monoisotopic (exact) mass is 1210 g/mol. The van der Waals surface area contributed by atoms with Crippen LogP contribution in [0.5, 0.6) is 0 Å². The van der Waals surface area contributed by atoms with Gasteiger partial charge in [-0.1, -0.05) is 0 Å². The second-order valence-corrected chi connectivity index (χ2v) is 9.26. The van der Waals surface area contributed by atoms with Crippen molar-refractivity contribution in [2.24, 2.45) is 0 Å². The molecule has 21 nitrogen and oxygen atoms in total. The molecule has 0 rings (SSSR count). The first-order valence-corrected chi connectivity index (χ1v) is 22.7. The van der Waals surface area contributed by atoms with Crippen LogP contribution in [0.4, 0.5) is 0 Å². The number of rotatable bonds is 0. The topological polar surface area (TPSA) is 400 Å². The Kier molecular flexibility index (Phi) is 126. The Morgan fingerprint density at radius 1 is 0.290 bits per heavy atom. The Balaban J connectivity index is -0.0000000204. The molecule has 0 heterocycles. The smallest absolute Gasteiger partial charge is 5.00 e. The first kappa shape index (κ1) is 65.3. The molecule has 0 unspecified atom stereocenters. The molecule has 0 aromatic heterocycles. The van der Waals surface area contributed by atoms with E-state index in [1.165, 1.54) is 0 Å². The summed E-state index contributed by atoms with van der Waals surface area (Å²) in [6.07, 6.45) is 0. The van der Waals surface area contributed by atoms with Gasteiger partial charge in [-0.2, -0.15) is 0 Å². The van der Waals surface area contributed by atoms with Crippen LogP contribution < -0.4 is 95.5 Å². The molecule has 0 bridgehead atoms. The summed E-state index contributed by atoms with van der Waals surface area (Å²) in [5.41, 5.74) is 0. The molecule has 0 amide bonds. The van der Waals surface area contributed by atoms with E-state index in [1.807, 2.05) is 0 Å². The zero-order valence-corrected chi connectivity index (χ0v) is 35.9.